The largest absolute Gasteiger partial charge is 0.497 e. The first-order chi connectivity index (χ1) is 9.21. The molecule has 0 radical (unpaired) electrons. The van der Waals surface area contributed by atoms with Crippen LogP contribution in [0.1, 0.15) is 13.3 Å². The van der Waals surface area contributed by atoms with Gasteiger partial charge in [-0.25, -0.2) is 0 Å². The number of ether oxygens (including phenoxy) is 2. The lowest BCUT2D eigenvalue weighted by Crippen LogP contribution is -2.01. The van der Waals surface area contributed by atoms with Gasteiger partial charge in [-0.15, -0.1) is 0 Å². The minimum Gasteiger partial charge on any atom is -0.497 e. The number of hydrogen-bond donors (Lipinski definition) is 1. The Morgan fingerprint density at radius 2 is 2.11 bits per heavy atom. The third kappa shape index (κ3) is 2.63. The van der Waals surface area contributed by atoms with Crippen molar-refractivity contribution in [1.82, 2.24) is 14.8 Å². The van der Waals surface area contributed by atoms with Gasteiger partial charge in [-0.2, -0.15) is 5.10 Å². The van der Waals surface area contributed by atoms with Gasteiger partial charge in [0, 0.05) is 12.6 Å². The van der Waals surface area contributed by atoms with E-state index in [2.05, 4.69) is 17.1 Å². The fourth-order valence-corrected chi connectivity index (χ4v) is 2.16. The van der Waals surface area contributed by atoms with E-state index in [0.717, 1.165) is 30.1 Å². The fourth-order valence-electron chi connectivity index (χ4n) is 1.94. The van der Waals surface area contributed by atoms with Crippen molar-refractivity contribution < 1.29 is 9.47 Å². The minimum atomic E-state index is 0.620. The summed E-state index contributed by atoms with van der Waals surface area (Å²) in [7, 11) is 3.26. The molecule has 5 nitrogen and oxygen atoms in total. The predicted octanol–water partition coefficient (Wildman–Crippen LogP) is 3.03. The number of nitrogens with one attached hydrogen (secondary N) is 1. The average Bonchev–Trinajstić information content (AvgIpc) is 2.80. The van der Waals surface area contributed by atoms with Crippen LogP contribution in [0.2, 0.25) is 0 Å². The normalized spacial score (nSPS) is 10.5. The molecule has 0 bridgehead atoms. The third-order valence-electron chi connectivity index (χ3n) is 2.86. The van der Waals surface area contributed by atoms with E-state index >= 15 is 0 Å². The van der Waals surface area contributed by atoms with E-state index in [4.69, 9.17) is 21.7 Å². The van der Waals surface area contributed by atoms with Gasteiger partial charge in [-0.1, -0.05) is 6.92 Å². The monoisotopic (exact) mass is 279 g/mol. The topological polar surface area (TPSA) is 52.1 Å². The van der Waals surface area contributed by atoms with Crippen LogP contribution in [0.5, 0.6) is 11.5 Å². The van der Waals surface area contributed by atoms with E-state index < -0.39 is 0 Å². The Hall–Kier alpha value is -1.82. The van der Waals surface area contributed by atoms with Gasteiger partial charge in [0.1, 0.15) is 11.5 Å². The standard InChI is InChI=1S/C13H17N3O2S/c1-4-7-16-12(14-15-13(16)19)10-6-5-9(17-2)8-11(10)18-3/h5-6,8H,4,7H2,1-3H3,(H,15,19). The SMILES string of the molecule is CCCn1c(-c2ccc(OC)cc2OC)n[nH]c1=S. The molecule has 0 saturated heterocycles. The van der Waals surface area contributed by atoms with Crippen LogP contribution in [0, 0.1) is 4.77 Å². The lowest BCUT2D eigenvalue weighted by molar-refractivity contribution is 0.395. The molecule has 1 N–H and O–H groups in total. The molecule has 0 aliphatic carbocycles. The zero-order chi connectivity index (χ0) is 13.8. The molecule has 2 aromatic rings. The number of benzene rings is 1. The summed E-state index contributed by atoms with van der Waals surface area (Å²) in [6.07, 6.45) is 0.985. The van der Waals surface area contributed by atoms with Crippen LogP contribution in [0.3, 0.4) is 0 Å². The van der Waals surface area contributed by atoms with Gasteiger partial charge in [0.15, 0.2) is 10.6 Å². The smallest absolute Gasteiger partial charge is 0.195 e. The highest BCUT2D eigenvalue weighted by atomic mass is 32.1. The summed E-state index contributed by atoms with van der Waals surface area (Å²) >= 11 is 5.25. The van der Waals surface area contributed by atoms with Gasteiger partial charge < -0.3 is 14.0 Å². The van der Waals surface area contributed by atoms with E-state index in [1.807, 2.05) is 22.8 Å². The first-order valence-corrected chi connectivity index (χ1v) is 6.49. The van der Waals surface area contributed by atoms with Crippen molar-refractivity contribution in [1.29, 1.82) is 0 Å². The summed E-state index contributed by atoms with van der Waals surface area (Å²) in [4.78, 5) is 0. The predicted molar refractivity (Wildman–Crippen MR) is 76.2 cm³/mol. The summed E-state index contributed by atoms with van der Waals surface area (Å²) in [6, 6.07) is 5.64. The van der Waals surface area contributed by atoms with Crippen molar-refractivity contribution in [3.05, 3.63) is 23.0 Å². The Balaban J connectivity index is 2.55. The highest BCUT2D eigenvalue weighted by molar-refractivity contribution is 7.71. The van der Waals surface area contributed by atoms with Crippen molar-refractivity contribution in [2.75, 3.05) is 14.2 Å². The molecule has 1 aromatic heterocycles. The van der Waals surface area contributed by atoms with Gasteiger partial charge in [0.2, 0.25) is 0 Å². The third-order valence-corrected chi connectivity index (χ3v) is 3.17. The number of rotatable bonds is 5. The number of H-pyrrole nitrogens is 1. The number of nitrogens with zero attached hydrogens (tertiary/aromatic N) is 2. The molecule has 0 atom stereocenters. The van der Waals surface area contributed by atoms with Crippen molar-refractivity contribution in [3.63, 3.8) is 0 Å². The molecular weight excluding hydrogens is 262 g/mol. The Morgan fingerprint density at radius 1 is 1.32 bits per heavy atom. The van der Waals surface area contributed by atoms with Crippen LogP contribution in [0.15, 0.2) is 18.2 Å². The van der Waals surface area contributed by atoms with Gasteiger partial charge in [-0.05, 0) is 30.8 Å². The van der Waals surface area contributed by atoms with Gasteiger partial charge in [0.05, 0.1) is 19.8 Å². The van der Waals surface area contributed by atoms with Gasteiger partial charge in [0.25, 0.3) is 0 Å². The molecule has 6 heteroatoms. The Morgan fingerprint density at radius 3 is 2.74 bits per heavy atom. The van der Waals surface area contributed by atoms with Crippen LogP contribution >= 0.6 is 12.2 Å². The first kappa shape index (κ1) is 13.6. The molecule has 0 amide bonds. The zero-order valence-electron chi connectivity index (χ0n) is 11.3. The van der Waals surface area contributed by atoms with E-state index in [1.54, 1.807) is 14.2 Å². The second kappa shape index (κ2) is 5.88. The van der Waals surface area contributed by atoms with E-state index in [-0.39, 0.29) is 0 Å². The van der Waals surface area contributed by atoms with Crippen molar-refractivity contribution in [2.45, 2.75) is 19.9 Å². The average molecular weight is 279 g/mol. The Kier molecular flexibility index (Phi) is 4.21. The van der Waals surface area contributed by atoms with Crippen LogP contribution in [0.4, 0.5) is 0 Å². The highest BCUT2D eigenvalue weighted by Crippen LogP contribution is 2.32. The molecule has 0 fully saturated rings. The number of hydrogen-bond acceptors (Lipinski definition) is 4. The van der Waals surface area contributed by atoms with Crippen LogP contribution in [-0.2, 0) is 6.54 Å². The second-order valence-electron chi connectivity index (χ2n) is 4.07. The van der Waals surface area contributed by atoms with Crippen LogP contribution in [0.25, 0.3) is 11.4 Å². The summed E-state index contributed by atoms with van der Waals surface area (Å²) < 4.78 is 13.2. The van der Waals surface area contributed by atoms with Crippen LogP contribution < -0.4 is 9.47 Å². The van der Waals surface area contributed by atoms with E-state index in [9.17, 15) is 0 Å². The molecule has 102 valence electrons. The van der Waals surface area contributed by atoms with E-state index in [1.165, 1.54) is 0 Å². The molecule has 1 aromatic carbocycles. The maximum atomic E-state index is 5.40. The van der Waals surface area contributed by atoms with Crippen molar-refractivity contribution in [2.24, 2.45) is 0 Å². The molecule has 0 unspecified atom stereocenters. The summed E-state index contributed by atoms with van der Waals surface area (Å²) in [6.45, 7) is 2.92. The zero-order valence-corrected chi connectivity index (χ0v) is 12.1. The number of methoxy groups -OCH3 is 2. The second-order valence-corrected chi connectivity index (χ2v) is 4.46. The van der Waals surface area contributed by atoms with Crippen molar-refractivity contribution >= 4 is 12.2 Å². The van der Waals surface area contributed by atoms with Crippen molar-refractivity contribution in [3.8, 4) is 22.9 Å². The molecule has 2 rings (SSSR count). The molecule has 0 spiro atoms. The molecule has 0 aliphatic rings. The lowest BCUT2D eigenvalue weighted by atomic mass is 10.1. The quantitative estimate of drug-likeness (QED) is 0.855. The maximum absolute atomic E-state index is 5.40. The van der Waals surface area contributed by atoms with Gasteiger partial charge in [-0.3, -0.25) is 5.10 Å². The number of aromatic nitrogens is 3. The lowest BCUT2D eigenvalue weighted by Gasteiger charge is -2.11. The first-order valence-electron chi connectivity index (χ1n) is 6.08. The maximum Gasteiger partial charge on any atom is 0.195 e. The Labute approximate surface area is 117 Å². The molecule has 0 saturated carbocycles. The van der Waals surface area contributed by atoms with Gasteiger partial charge >= 0.3 is 0 Å². The highest BCUT2D eigenvalue weighted by Gasteiger charge is 2.14. The fraction of sp³-hybridized carbons (Fsp3) is 0.385. The molecule has 0 aliphatic heterocycles. The molecule has 1 heterocycles. The molecule has 19 heavy (non-hydrogen) atoms. The van der Waals surface area contributed by atoms with E-state index in [0.29, 0.717) is 10.5 Å². The minimum absolute atomic E-state index is 0.620. The summed E-state index contributed by atoms with van der Waals surface area (Å²) in [5.74, 6) is 2.24. The number of aromatic amines is 1. The summed E-state index contributed by atoms with van der Waals surface area (Å²) in [5.41, 5.74) is 0.893. The Bertz CT molecular complexity index is 619. The summed E-state index contributed by atoms with van der Waals surface area (Å²) in [5, 5.41) is 7.12. The van der Waals surface area contributed by atoms with Crippen LogP contribution in [-0.4, -0.2) is 29.0 Å². The molecular formula is C13H17N3O2S.